The summed E-state index contributed by atoms with van der Waals surface area (Å²) in [6.07, 6.45) is 5.55. The van der Waals surface area contributed by atoms with Crippen LogP contribution in [0.3, 0.4) is 0 Å². The fourth-order valence-electron chi connectivity index (χ4n) is 1.59. The summed E-state index contributed by atoms with van der Waals surface area (Å²) in [4.78, 5) is 2.37. The Morgan fingerprint density at radius 3 is 2.58 bits per heavy atom. The van der Waals surface area contributed by atoms with Gasteiger partial charge in [-0.05, 0) is 25.9 Å². The van der Waals surface area contributed by atoms with Crippen molar-refractivity contribution in [1.29, 1.82) is 0 Å². The highest BCUT2D eigenvalue weighted by atomic mass is 31.0. The van der Waals surface area contributed by atoms with Crippen molar-refractivity contribution in [3.63, 3.8) is 0 Å². The number of nitrogens with two attached hydrogens (primary N) is 1. The number of hydrogen-bond acceptors (Lipinski definition) is 2. The van der Waals surface area contributed by atoms with Gasteiger partial charge in [0.25, 0.3) is 0 Å². The second-order valence-electron chi connectivity index (χ2n) is 3.05. The SMILES string of the molecule is CCN1CCCCCC1N.CP. The van der Waals surface area contributed by atoms with Gasteiger partial charge in [0.1, 0.15) is 0 Å². The molecule has 0 aromatic heterocycles. The molecule has 0 bridgehead atoms. The molecule has 1 heterocycles. The molecule has 2 atom stereocenters. The van der Waals surface area contributed by atoms with Gasteiger partial charge in [0.15, 0.2) is 0 Å². The summed E-state index contributed by atoms with van der Waals surface area (Å²) < 4.78 is 0. The van der Waals surface area contributed by atoms with Crippen molar-refractivity contribution in [2.75, 3.05) is 19.8 Å². The van der Waals surface area contributed by atoms with Gasteiger partial charge < -0.3 is 5.73 Å². The van der Waals surface area contributed by atoms with Gasteiger partial charge in [-0.3, -0.25) is 4.90 Å². The van der Waals surface area contributed by atoms with Crippen LogP contribution < -0.4 is 5.73 Å². The molecule has 1 aliphatic rings. The minimum Gasteiger partial charge on any atom is -0.316 e. The van der Waals surface area contributed by atoms with Crippen LogP contribution in [-0.2, 0) is 0 Å². The van der Waals surface area contributed by atoms with Crippen LogP contribution in [0.25, 0.3) is 0 Å². The van der Waals surface area contributed by atoms with Crippen LogP contribution in [0.2, 0.25) is 0 Å². The molecule has 1 saturated heterocycles. The molecule has 74 valence electrons. The second kappa shape index (κ2) is 7.97. The van der Waals surface area contributed by atoms with E-state index in [0.29, 0.717) is 6.17 Å². The quantitative estimate of drug-likeness (QED) is 0.637. The molecule has 12 heavy (non-hydrogen) atoms. The molecule has 0 aromatic carbocycles. The molecule has 0 aliphatic carbocycles. The van der Waals surface area contributed by atoms with E-state index in [-0.39, 0.29) is 0 Å². The molecule has 1 aliphatic heterocycles. The first-order valence-corrected chi connectivity index (χ1v) is 6.07. The fraction of sp³-hybridized carbons (Fsp3) is 1.00. The van der Waals surface area contributed by atoms with Gasteiger partial charge in [0, 0.05) is 0 Å². The van der Waals surface area contributed by atoms with E-state index in [2.05, 4.69) is 21.1 Å². The molecule has 2 nitrogen and oxygen atoms in total. The van der Waals surface area contributed by atoms with Crippen LogP contribution in [0, 0.1) is 0 Å². The maximum atomic E-state index is 5.92. The molecule has 0 amide bonds. The lowest BCUT2D eigenvalue weighted by molar-refractivity contribution is 0.215. The van der Waals surface area contributed by atoms with E-state index in [1.165, 1.54) is 32.2 Å². The Labute approximate surface area is 79.1 Å². The van der Waals surface area contributed by atoms with Gasteiger partial charge in [-0.25, -0.2) is 0 Å². The molecule has 0 aromatic rings. The first kappa shape index (κ1) is 12.3. The third-order valence-electron chi connectivity index (χ3n) is 2.32. The Kier molecular flexibility index (Phi) is 8.20. The van der Waals surface area contributed by atoms with Crippen molar-refractivity contribution in [3.05, 3.63) is 0 Å². The Morgan fingerprint density at radius 2 is 2.00 bits per heavy atom. The van der Waals surface area contributed by atoms with Gasteiger partial charge in [-0.15, -0.1) is 9.24 Å². The lowest BCUT2D eigenvalue weighted by Crippen LogP contribution is -2.41. The molecular formula is C9H23N2P. The summed E-state index contributed by atoms with van der Waals surface area (Å²) in [6, 6.07) is 0. The molecule has 2 N–H and O–H groups in total. The highest BCUT2D eigenvalue weighted by Gasteiger charge is 2.14. The maximum absolute atomic E-state index is 5.92. The Hall–Kier alpha value is 0.350. The van der Waals surface area contributed by atoms with E-state index >= 15 is 0 Å². The summed E-state index contributed by atoms with van der Waals surface area (Å²) in [6.45, 7) is 6.42. The summed E-state index contributed by atoms with van der Waals surface area (Å²) in [5.41, 5.74) is 5.92. The molecular weight excluding hydrogens is 167 g/mol. The van der Waals surface area contributed by atoms with Crippen molar-refractivity contribution in [1.82, 2.24) is 4.90 Å². The number of nitrogens with zero attached hydrogens (tertiary/aromatic N) is 1. The highest BCUT2D eigenvalue weighted by molar-refractivity contribution is 7.15. The number of hydrogen-bond donors (Lipinski definition) is 1. The third kappa shape index (κ3) is 4.39. The molecule has 1 fully saturated rings. The van der Waals surface area contributed by atoms with E-state index in [1.54, 1.807) is 0 Å². The Bertz CT molecular complexity index is 98.5. The standard InChI is InChI=1S/C8H18N2.CH5P/c1-2-10-7-5-3-4-6-8(10)9;1-2/h8H,2-7,9H2,1H3;2H2,1H3. The van der Waals surface area contributed by atoms with E-state index in [4.69, 9.17) is 5.73 Å². The average molecular weight is 190 g/mol. The Balaban J connectivity index is 0.000000561. The predicted molar refractivity (Wildman–Crippen MR) is 59.3 cm³/mol. The maximum Gasteiger partial charge on any atom is 0.0571 e. The monoisotopic (exact) mass is 190 g/mol. The minimum absolute atomic E-state index is 0.340. The van der Waals surface area contributed by atoms with Crippen molar-refractivity contribution in [2.45, 2.75) is 38.8 Å². The minimum atomic E-state index is 0.340. The lowest BCUT2D eigenvalue weighted by Gasteiger charge is -2.24. The lowest BCUT2D eigenvalue weighted by atomic mass is 10.2. The zero-order valence-corrected chi connectivity index (χ0v) is 9.58. The largest absolute Gasteiger partial charge is 0.316 e. The van der Waals surface area contributed by atoms with E-state index < -0.39 is 0 Å². The summed E-state index contributed by atoms with van der Waals surface area (Å²) in [7, 11) is 2.42. The fourth-order valence-corrected chi connectivity index (χ4v) is 1.59. The van der Waals surface area contributed by atoms with Crippen LogP contribution in [0.15, 0.2) is 0 Å². The van der Waals surface area contributed by atoms with Gasteiger partial charge in [-0.1, -0.05) is 26.4 Å². The van der Waals surface area contributed by atoms with E-state index in [0.717, 1.165) is 6.54 Å². The summed E-state index contributed by atoms with van der Waals surface area (Å²) in [5, 5.41) is 0. The highest BCUT2D eigenvalue weighted by Crippen LogP contribution is 2.12. The van der Waals surface area contributed by atoms with Crippen molar-refractivity contribution in [3.8, 4) is 0 Å². The van der Waals surface area contributed by atoms with Gasteiger partial charge in [-0.2, -0.15) is 0 Å². The molecule has 0 saturated carbocycles. The topological polar surface area (TPSA) is 29.3 Å². The number of likely N-dealkylation sites (tertiary alicyclic amines) is 1. The smallest absolute Gasteiger partial charge is 0.0571 e. The van der Waals surface area contributed by atoms with Crippen LogP contribution in [0.1, 0.15) is 32.6 Å². The van der Waals surface area contributed by atoms with Crippen molar-refractivity contribution >= 4 is 9.24 Å². The summed E-state index contributed by atoms with van der Waals surface area (Å²) in [5.74, 6) is 0. The van der Waals surface area contributed by atoms with Crippen LogP contribution in [0.5, 0.6) is 0 Å². The van der Waals surface area contributed by atoms with Crippen LogP contribution in [-0.4, -0.2) is 30.8 Å². The summed E-state index contributed by atoms with van der Waals surface area (Å²) >= 11 is 0. The van der Waals surface area contributed by atoms with Gasteiger partial charge in [0.2, 0.25) is 0 Å². The van der Waals surface area contributed by atoms with Crippen LogP contribution >= 0.6 is 9.24 Å². The zero-order chi connectivity index (χ0) is 9.40. The average Bonchev–Trinajstić information content (AvgIpc) is 2.33. The predicted octanol–water partition coefficient (Wildman–Crippen LogP) is 1.66. The molecule has 0 radical (unpaired) electrons. The molecule has 3 heteroatoms. The van der Waals surface area contributed by atoms with E-state index in [1.807, 2.05) is 6.66 Å². The molecule has 2 unspecified atom stereocenters. The first-order valence-electron chi connectivity index (χ1n) is 4.92. The van der Waals surface area contributed by atoms with Gasteiger partial charge >= 0.3 is 0 Å². The second-order valence-corrected chi connectivity index (χ2v) is 3.05. The van der Waals surface area contributed by atoms with E-state index in [9.17, 15) is 0 Å². The third-order valence-corrected chi connectivity index (χ3v) is 2.32. The van der Waals surface area contributed by atoms with Crippen molar-refractivity contribution < 1.29 is 0 Å². The zero-order valence-electron chi connectivity index (χ0n) is 8.42. The van der Waals surface area contributed by atoms with Gasteiger partial charge in [0.05, 0.1) is 6.17 Å². The Morgan fingerprint density at radius 1 is 1.33 bits per heavy atom. The van der Waals surface area contributed by atoms with Crippen LogP contribution in [0.4, 0.5) is 0 Å². The molecule has 0 spiro atoms. The molecule has 1 rings (SSSR count). The number of rotatable bonds is 1. The van der Waals surface area contributed by atoms with Crippen molar-refractivity contribution in [2.24, 2.45) is 5.73 Å². The normalized spacial score (nSPS) is 25.5. The first-order chi connectivity index (χ1) is 5.84.